The van der Waals surface area contributed by atoms with Crippen LogP contribution in [-0.2, 0) is 5.60 Å². The maximum Gasteiger partial charge on any atom is 0.0934 e. The highest BCUT2D eigenvalue weighted by molar-refractivity contribution is 6.30. The van der Waals surface area contributed by atoms with Gasteiger partial charge in [-0.3, -0.25) is 0 Å². The van der Waals surface area contributed by atoms with Gasteiger partial charge in [-0.25, -0.2) is 0 Å². The van der Waals surface area contributed by atoms with E-state index in [1.165, 1.54) is 0 Å². The second-order valence-corrected chi connectivity index (χ2v) is 5.80. The molecule has 0 aliphatic carbocycles. The molecule has 0 amide bonds. The number of hydrogen-bond acceptors (Lipinski definition) is 1. The molecule has 0 spiro atoms. The summed E-state index contributed by atoms with van der Waals surface area (Å²) < 4.78 is 0. The van der Waals surface area contributed by atoms with Crippen molar-refractivity contribution in [3.63, 3.8) is 0 Å². The van der Waals surface area contributed by atoms with Crippen molar-refractivity contribution in [1.82, 2.24) is 0 Å². The van der Waals surface area contributed by atoms with Gasteiger partial charge in [-0.15, -0.1) is 0 Å². The van der Waals surface area contributed by atoms with Crippen LogP contribution in [0.5, 0.6) is 0 Å². The fraction of sp³-hybridized carbons (Fsp3) is 0.250. The third-order valence-electron chi connectivity index (χ3n) is 3.64. The van der Waals surface area contributed by atoms with Crippen LogP contribution >= 0.6 is 23.2 Å². The molecule has 1 N–H and O–H groups in total. The molecule has 0 heterocycles. The van der Waals surface area contributed by atoms with Crippen molar-refractivity contribution in [2.75, 3.05) is 0 Å². The Morgan fingerprint density at radius 2 is 1.32 bits per heavy atom. The van der Waals surface area contributed by atoms with Gasteiger partial charge in [-0.05, 0) is 42.3 Å². The summed E-state index contributed by atoms with van der Waals surface area (Å²) in [5.74, 6) is -0.0501. The summed E-state index contributed by atoms with van der Waals surface area (Å²) in [6.45, 7) is 3.81. The summed E-state index contributed by atoms with van der Waals surface area (Å²) in [4.78, 5) is 0. The molecule has 0 radical (unpaired) electrons. The van der Waals surface area contributed by atoms with Gasteiger partial charge in [0, 0.05) is 16.0 Å². The monoisotopic (exact) mass is 294 g/mol. The molecule has 19 heavy (non-hydrogen) atoms. The molecule has 1 nitrogen and oxygen atoms in total. The van der Waals surface area contributed by atoms with Crippen LogP contribution in [0.4, 0.5) is 0 Å². The highest BCUT2D eigenvalue weighted by atomic mass is 35.5. The van der Waals surface area contributed by atoms with E-state index in [1.807, 2.05) is 50.2 Å². The molecule has 0 aliphatic heterocycles. The van der Waals surface area contributed by atoms with Gasteiger partial charge in [-0.2, -0.15) is 0 Å². The molecule has 2 aromatic carbocycles. The van der Waals surface area contributed by atoms with Crippen LogP contribution < -0.4 is 0 Å². The van der Waals surface area contributed by atoms with Gasteiger partial charge in [0.15, 0.2) is 0 Å². The van der Waals surface area contributed by atoms with Gasteiger partial charge in [-0.1, -0.05) is 54.4 Å². The van der Waals surface area contributed by atoms with E-state index < -0.39 is 5.60 Å². The SMILES string of the molecule is CC(c1ccc(Cl)cc1)C(C)(O)c1ccc(Cl)cc1. The molecule has 2 aromatic rings. The van der Waals surface area contributed by atoms with E-state index in [0.717, 1.165) is 11.1 Å². The highest BCUT2D eigenvalue weighted by Crippen LogP contribution is 2.37. The highest BCUT2D eigenvalue weighted by Gasteiger charge is 2.31. The zero-order valence-electron chi connectivity index (χ0n) is 10.9. The summed E-state index contributed by atoms with van der Waals surface area (Å²) in [5.41, 5.74) is 0.932. The Labute approximate surface area is 123 Å². The Morgan fingerprint density at radius 1 is 0.895 bits per heavy atom. The Kier molecular flexibility index (Phi) is 4.19. The van der Waals surface area contributed by atoms with Crippen LogP contribution in [0.3, 0.4) is 0 Å². The molecule has 3 heteroatoms. The van der Waals surface area contributed by atoms with E-state index >= 15 is 0 Å². The van der Waals surface area contributed by atoms with E-state index in [2.05, 4.69) is 0 Å². The molecule has 2 rings (SSSR count). The van der Waals surface area contributed by atoms with Gasteiger partial charge < -0.3 is 5.11 Å². The third kappa shape index (κ3) is 3.11. The van der Waals surface area contributed by atoms with E-state index in [4.69, 9.17) is 23.2 Å². The summed E-state index contributed by atoms with van der Waals surface area (Å²) in [7, 11) is 0. The Hall–Kier alpha value is -1.02. The number of halogens is 2. The molecule has 0 saturated carbocycles. The minimum absolute atomic E-state index is 0.0501. The summed E-state index contributed by atoms with van der Waals surface area (Å²) in [5, 5.41) is 12.2. The molecular weight excluding hydrogens is 279 g/mol. The van der Waals surface area contributed by atoms with Crippen LogP contribution in [-0.4, -0.2) is 5.11 Å². The van der Waals surface area contributed by atoms with Crippen LogP contribution in [0, 0.1) is 0 Å². The first-order valence-electron chi connectivity index (χ1n) is 6.15. The first kappa shape index (κ1) is 14.4. The maximum atomic E-state index is 10.8. The lowest BCUT2D eigenvalue weighted by Gasteiger charge is -2.31. The predicted octanol–water partition coefficient (Wildman–Crippen LogP) is 5.00. The largest absolute Gasteiger partial charge is 0.385 e. The van der Waals surface area contributed by atoms with Gasteiger partial charge >= 0.3 is 0 Å². The maximum absolute atomic E-state index is 10.8. The molecule has 0 saturated heterocycles. The summed E-state index contributed by atoms with van der Waals surface area (Å²) in [6.07, 6.45) is 0. The van der Waals surface area contributed by atoms with Crippen molar-refractivity contribution in [2.45, 2.75) is 25.4 Å². The molecule has 0 bridgehead atoms. The van der Waals surface area contributed by atoms with E-state index in [-0.39, 0.29) is 5.92 Å². The van der Waals surface area contributed by atoms with Gasteiger partial charge in [0.05, 0.1) is 5.60 Å². The van der Waals surface area contributed by atoms with Gasteiger partial charge in [0.25, 0.3) is 0 Å². The topological polar surface area (TPSA) is 20.2 Å². The Balaban J connectivity index is 2.32. The second kappa shape index (κ2) is 5.54. The fourth-order valence-corrected chi connectivity index (χ4v) is 2.37. The number of aliphatic hydroxyl groups is 1. The van der Waals surface area contributed by atoms with Crippen LogP contribution in [0.1, 0.15) is 30.9 Å². The first-order chi connectivity index (χ1) is 8.91. The van der Waals surface area contributed by atoms with Gasteiger partial charge in [0.1, 0.15) is 0 Å². The molecule has 100 valence electrons. The Morgan fingerprint density at radius 3 is 1.79 bits per heavy atom. The minimum Gasteiger partial charge on any atom is -0.385 e. The summed E-state index contributed by atoms with van der Waals surface area (Å²) in [6, 6.07) is 14.9. The van der Waals surface area contributed by atoms with E-state index in [9.17, 15) is 5.11 Å². The number of hydrogen-bond donors (Lipinski definition) is 1. The quantitative estimate of drug-likeness (QED) is 0.844. The third-order valence-corrected chi connectivity index (χ3v) is 4.15. The molecule has 2 atom stereocenters. The summed E-state index contributed by atoms with van der Waals surface area (Å²) >= 11 is 11.8. The van der Waals surface area contributed by atoms with E-state index in [1.54, 1.807) is 12.1 Å². The lowest BCUT2D eigenvalue weighted by Crippen LogP contribution is -2.28. The van der Waals surface area contributed by atoms with Crippen molar-refractivity contribution in [3.8, 4) is 0 Å². The Bertz CT molecular complexity index is 544. The normalized spacial score (nSPS) is 15.8. The molecule has 2 unspecified atom stereocenters. The van der Waals surface area contributed by atoms with Crippen molar-refractivity contribution in [3.05, 3.63) is 69.7 Å². The number of benzene rings is 2. The molecule has 0 aliphatic rings. The van der Waals surface area contributed by atoms with Crippen LogP contribution in [0.25, 0.3) is 0 Å². The molecular formula is C16H16Cl2O. The van der Waals surface area contributed by atoms with Crippen LogP contribution in [0.2, 0.25) is 10.0 Å². The van der Waals surface area contributed by atoms with Crippen molar-refractivity contribution in [2.24, 2.45) is 0 Å². The van der Waals surface area contributed by atoms with E-state index in [0.29, 0.717) is 10.0 Å². The zero-order valence-corrected chi connectivity index (χ0v) is 12.4. The fourth-order valence-electron chi connectivity index (χ4n) is 2.11. The first-order valence-corrected chi connectivity index (χ1v) is 6.90. The van der Waals surface area contributed by atoms with Crippen LogP contribution in [0.15, 0.2) is 48.5 Å². The average molecular weight is 295 g/mol. The number of rotatable bonds is 3. The predicted molar refractivity (Wildman–Crippen MR) is 80.9 cm³/mol. The standard InChI is InChI=1S/C16H16Cl2O/c1-11(12-3-7-14(17)8-4-12)16(2,19)13-5-9-15(18)10-6-13/h3-11,19H,1-2H3. The van der Waals surface area contributed by atoms with Crippen molar-refractivity contribution >= 4 is 23.2 Å². The molecule has 0 aromatic heterocycles. The minimum atomic E-state index is -0.960. The lowest BCUT2D eigenvalue weighted by molar-refractivity contribution is 0.0324. The average Bonchev–Trinajstić information content (AvgIpc) is 2.39. The smallest absolute Gasteiger partial charge is 0.0934 e. The van der Waals surface area contributed by atoms with Crippen molar-refractivity contribution in [1.29, 1.82) is 0 Å². The zero-order chi connectivity index (χ0) is 14.0. The van der Waals surface area contributed by atoms with Crippen molar-refractivity contribution < 1.29 is 5.11 Å². The lowest BCUT2D eigenvalue weighted by atomic mass is 9.80. The molecule has 0 fully saturated rings. The second-order valence-electron chi connectivity index (χ2n) is 4.93. The van der Waals surface area contributed by atoms with Gasteiger partial charge in [0.2, 0.25) is 0 Å².